The number of allylic oxidation sites excluding steroid dienone is 1. The Balaban J connectivity index is 2.28. The molecule has 0 saturated heterocycles. The molecule has 5 heteroatoms. The summed E-state index contributed by atoms with van der Waals surface area (Å²) >= 11 is 4.96. The summed E-state index contributed by atoms with van der Waals surface area (Å²) in [5.41, 5.74) is 1.15. The summed E-state index contributed by atoms with van der Waals surface area (Å²) in [4.78, 5) is 12.8. The Hall–Kier alpha value is -1.46. The average molecular weight is 338 g/mol. The van der Waals surface area contributed by atoms with Gasteiger partial charge < -0.3 is 0 Å². The lowest BCUT2D eigenvalue weighted by Crippen LogP contribution is -2.01. The molecule has 2 aromatic rings. The van der Waals surface area contributed by atoms with Crippen LogP contribution in [0.25, 0.3) is 6.08 Å². The molecule has 0 amide bonds. The SMILES string of the molecule is Cc1sc(/C=C(/Cc2ccccc2)[N+](=O)[O-])cc1Br. The van der Waals surface area contributed by atoms with Gasteiger partial charge in [0.2, 0.25) is 0 Å². The molecule has 0 saturated carbocycles. The Morgan fingerprint density at radius 2 is 2.11 bits per heavy atom. The summed E-state index contributed by atoms with van der Waals surface area (Å²) < 4.78 is 0.992. The predicted octanol–water partition coefficient (Wildman–Crippen LogP) is 4.68. The molecule has 0 spiro atoms. The van der Waals surface area contributed by atoms with Crippen molar-refractivity contribution in [3.63, 3.8) is 0 Å². The molecule has 0 bridgehead atoms. The lowest BCUT2D eigenvalue weighted by molar-refractivity contribution is -0.425. The number of benzene rings is 1. The first-order chi connectivity index (χ1) is 9.06. The number of nitro groups is 1. The zero-order valence-electron chi connectivity index (χ0n) is 10.3. The number of rotatable bonds is 4. The summed E-state index contributed by atoms with van der Waals surface area (Å²) in [5, 5.41) is 11.1. The third kappa shape index (κ3) is 3.75. The van der Waals surface area contributed by atoms with Crippen LogP contribution < -0.4 is 0 Å². The van der Waals surface area contributed by atoms with Gasteiger partial charge in [-0.15, -0.1) is 11.3 Å². The van der Waals surface area contributed by atoms with E-state index in [2.05, 4.69) is 15.9 Å². The van der Waals surface area contributed by atoms with Gasteiger partial charge in [-0.3, -0.25) is 10.1 Å². The molecule has 0 aliphatic rings. The van der Waals surface area contributed by atoms with Crippen molar-refractivity contribution in [3.05, 3.63) is 72.0 Å². The molecule has 0 fully saturated rings. The van der Waals surface area contributed by atoms with E-state index in [1.54, 1.807) is 17.4 Å². The van der Waals surface area contributed by atoms with Crippen LogP contribution in [-0.2, 0) is 6.42 Å². The maximum absolute atomic E-state index is 11.1. The lowest BCUT2D eigenvalue weighted by Gasteiger charge is -1.99. The van der Waals surface area contributed by atoms with Gasteiger partial charge in [0.05, 0.1) is 11.3 Å². The van der Waals surface area contributed by atoms with Gasteiger partial charge in [0.15, 0.2) is 0 Å². The van der Waals surface area contributed by atoms with Crippen molar-refractivity contribution in [2.24, 2.45) is 0 Å². The molecular weight excluding hydrogens is 326 g/mol. The van der Waals surface area contributed by atoms with Crippen LogP contribution >= 0.6 is 27.3 Å². The van der Waals surface area contributed by atoms with Gasteiger partial charge in [0.1, 0.15) is 0 Å². The molecule has 98 valence electrons. The van der Waals surface area contributed by atoms with Crippen molar-refractivity contribution in [3.8, 4) is 0 Å². The molecule has 1 aromatic heterocycles. The van der Waals surface area contributed by atoms with Crippen LogP contribution in [0.4, 0.5) is 0 Å². The van der Waals surface area contributed by atoms with Crippen LogP contribution in [0.1, 0.15) is 15.3 Å². The Morgan fingerprint density at radius 1 is 1.42 bits per heavy atom. The number of hydrogen-bond acceptors (Lipinski definition) is 3. The molecule has 1 heterocycles. The standard InChI is InChI=1S/C14H12BrNO2S/c1-10-14(15)9-13(19-10)8-12(16(17)18)7-11-5-3-2-4-6-11/h2-6,8-9H,7H2,1H3/b12-8-. The molecule has 0 atom stereocenters. The van der Waals surface area contributed by atoms with E-state index < -0.39 is 0 Å². The van der Waals surface area contributed by atoms with E-state index in [1.807, 2.05) is 43.3 Å². The Bertz CT molecular complexity index is 600. The number of aryl methyl sites for hydroxylation is 1. The van der Waals surface area contributed by atoms with Crippen molar-refractivity contribution < 1.29 is 4.92 Å². The van der Waals surface area contributed by atoms with Crippen LogP contribution in [0.5, 0.6) is 0 Å². The highest BCUT2D eigenvalue weighted by molar-refractivity contribution is 9.10. The van der Waals surface area contributed by atoms with Gasteiger partial charge in [-0.25, -0.2) is 0 Å². The van der Waals surface area contributed by atoms with Crippen molar-refractivity contribution in [2.45, 2.75) is 13.3 Å². The first kappa shape index (κ1) is 14.0. The number of nitrogens with zero attached hydrogens (tertiary/aromatic N) is 1. The number of thiophene rings is 1. The summed E-state index contributed by atoms with van der Waals surface area (Å²) in [5.74, 6) is 0. The van der Waals surface area contributed by atoms with Gasteiger partial charge >= 0.3 is 0 Å². The Kier molecular flexibility index (Phi) is 4.50. The maximum atomic E-state index is 11.1. The molecule has 2 rings (SSSR count). The topological polar surface area (TPSA) is 43.1 Å². The van der Waals surface area contributed by atoms with E-state index in [1.165, 1.54) is 0 Å². The molecule has 0 radical (unpaired) electrons. The van der Waals surface area contributed by atoms with Crippen molar-refractivity contribution in [1.29, 1.82) is 0 Å². The molecule has 1 aromatic carbocycles. The quantitative estimate of drug-likeness (QED) is 0.600. The van der Waals surface area contributed by atoms with Gasteiger partial charge in [0.25, 0.3) is 5.70 Å². The average Bonchev–Trinajstić information content (AvgIpc) is 2.69. The second-order valence-electron chi connectivity index (χ2n) is 4.11. The van der Waals surface area contributed by atoms with Crippen LogP contribution in [0.2, 0.25) is 0 Å². The van der Waals surface area contributed by atoms with Crippen LogP contribution in [0.3, 0.4) is 0 Å². The summed E-state index contributed by atoms with van der Waals surface area (Å²) in [6.07, 6.45) is 1.98. The minimum Gasteiger partial charge on any atom is -0.259 e. The van der Waals surface area contributed by atoms with Crippen LogP contribution in [0.15, 0.2) is 46.6 Å². The smallest absolute Gasteiger partial charge is 0.252 e. The fourth-order valence-corrected chi connectivity index (χ4v) is 3.21. The Labute approximate surface area is 123 Å². The van der Waals surface area contributed by atoms with Gasteiger partial charge in [-0.05, 0) is 34.5 Å². The van der Waals surface area contributed by atoms with Gasteiger partial charge in [-0.1, -0.05) is 30.3 Å². The third-order valence-electron chi connectivity index (χ3n) is 2.65. The van der Waals surface area contributed by atoms with Crippen LogP contribution in [-0.4, -0.2) is 4.92 Å². The minimum absolute atomic E-state index is 0.208. The second kappa shape index (κ2) is 6.12. The van der Waals surface area contributed by atoms with E-state index >= 15 is 0 Å². The number of halogens is 1. The minimum atomic E-state index is -0.310. The highest BCUT2D eigenvalue weighted by Gasteiger charge is 2.13. The molecule has 0 aliphatic carbocycles. The monoisotopic (exact) mass is 337 g/mol. The first-order valence-electron chi connectivity index (χ1n) is 5.71. The van der Waals surface area contributed by atoms with E-state index in [4.69, 9.17) is 0 Å². The van der Waals surface area contributed by atoms with Crippen LogP contribution in [0, 0.1) is 17.0 Å². The molecule has 19 heavy (non-hydrogen) atoms. The van der Waals surface area contributed by atoms with Gasteiger partial charge in [0, 0.05) is 20.3 Å². The van der Waals surface area contributed by atoms with Crippen molar-refractivity contribution >= 4 is 33.3 Å². The molecule has 0 unspecified atom stereocenters. The first-order valence-corrected chi connectivity index (χ1v) is 7.32. The lowest BCUT2D eigenvalue weighted by atomic mass is 10.1. The van der Waals surface area contributed by atoms with E-state index in [9.17, 15) is 10.1 Å². The summed E-state index contributed by atoms with van der Waals surface area (Å²) in [6, 6.07) is 11.4. The Morgan fingerprint density at radius 3 is 2.63 bits per heavy atom. The van der Waals surface area contributed by atoms with Gasteiger partial charge in [-0.2, -0.15) is 0 Å². The summed E-state index contributed by atoms with van der Waals surface area (Å²) in [7, 11) is 0. The van der Waals surface area contributed by atoms with E-state index in [0.29, 0.717) is 6.42 Å². The molecule has 3 nitrogen and oxygen atoms in total. The van der Waals surface area contributed by atoms with E-state index in [-0.39, 0.29) is 10.6 Å². The maximum Gasteiger partial charge on any atom is 0.252 e. The molecule has 0 aliphatic heterocycles. The van der Waals surface area contributed by atoms with Crippen molar-refractivity contribution in [1.82, 2.24) is 0 Å². The fraction of sp³-hybridized carbons (Fsp3) is 0.143. The zero-order chi connectivity index (χ0) is 13.8. The largest absolute Gasteiger partial charge is 0.259 e. The number of hydrogen-bond donors (Lipinski definition) is 0. The normalized spacial score (nSPS) is 11.6. The summed E-state index contributed by atoms with van der Waals surface area (Å²) in [6.45, 7) is 1.98. The van der Waals surface area contributed by atoms with Crippen molar-refractivity contribution in [2.75, 3.05) is 0 Å². The molecule has 0 N–H and O–H groups in total. The zero-order valence-corrected chi connectivity index (χ0v) is 12.7. The highest BCUT2D eigenvalue weighted by Crippen LogP contribution is 2.28. The predicted molar refractivity (Wildman–Crippen MR) is 81.9 cm³/mol. The highest BCUT2D eigenvalue weighted by atomic mass is 79.9. The van der Waals surface area contributed by atoms with E-state index in [0.717, 1.165) is 19.8 Å². The molecular formula is C14H12BrNO2S. The third-order valence-corrected chi connectivity index (χ3v) is 4.73. The second-order valence-corrected chi connectivity index (χ2v) is 6.25. The fourth-order valence-electron chi connectivity index (χ4n) is 1.69.